The molecular weight excluding hydrogens is 306 g/mol. The van der Waals surface area contributed by atoms with Crippen LogP contribution in [0.2, 0.25) is 0 Å². The van der Waals surface area contributed by atoms with Crippen LogP contribution < -0.4 is 0 Å². The first-order valence-electron chi connectivity index (χ1n) is 8.75. The summed E-state index contributed by atoms with van der Waals surface area (Å²) in [6.45, 7) is 10.8. The van der Waals surface area contributed by atoms with Crippen LogP contribution in [0.5, 0.6) is 0 Å². The lowest BCUT2D eigenvalue weighted by atomic mass is 9.86. The summed E-state index contributed by atoms with van der Waals surface area (Å²) in [7, 11) is 0. The maximum absolute atomic E-state index is 6.24. The van der Waals surface area contributed by atoms with Crippen molar-refractivity contribution >= 4 is 21.9 Å². The van der Waals surface area contributed by atoms with E-state index < -0.39 is 0 Å². The molecule has 0 fully saturated rings. The van der Waals surface area contributed by atoms with Gasteiger partial charge in [0.05, 0.1) is 5.69 Å². The third-order valence-corrected chi connectivity index (χ3v) is 4.99. The zero-order chi connectivity index (χ0) is 17.8. The van der Waals surface area contributed by atoms with Crippen LogP contribution in [0, 0.1) is 13.8 Å². The van der Waals surface area contributed by atoms with Crippen LogP contribution in [0.3, 0.4) is 0 Å². The molecule has 0 N–H and O–H groups in total. The highest BCUT2D eigenvalue weighted by atomic mass is 16.3. The Morgan fingerprint density at radius 1 is 0.880 bits per heavy atom. The number of rotatable bonds is 1. The van der Waals surface area contributed by atoms with Gasteiger partial charge in [-0.3, -0.25) is 4.98 Å². The van der Waals surface area contributed by atoms with Crippen LogP contribution in [0.4, 0.5) is 0 Å². The fourth-order valence-corrected chi connectivity index (χ4v) is 3.25. The molecule has 126 valence electrons. The lowest BCUT2D eigenvalue weighted by Crippen LogP contribution is -2.10. The van der Waals surface area contributed by atoms with Crippen molar-refractivity contribution in [3.63, 3.8) is 0 Å². The van der Waals surface area contributed by atoms with Gasteiger partial charge >= 0.3 is 0 Å². The Balaban J connectivity index is 2.00. The Morgan fingerprint density at radius 3 is 2.40 bits per heavy atom. The van der Waals surface area contributed by atoms with Crippen molar-refractivity contribution in [1.82, 2.24) is 4.98 Å². The number of hydrogen-bond acceptors (Lipinski definition) is 2. The van der Waals surface area contributed by atoms with E-state index in [9.17, 15) is 0 Å². The lowest BCUT2D eigenvalue weighted by molar-refractivity contribution is 0.590. The standard InChI is InChI=1S/C23H23NO/c1-14-9-11-20(24-15(14)2)18-8-6-7-17-19-13-16(23(3,4)5)10-12-21(19)25-22(17)18/h6-13H,1-5H3. The molecule has 0 spiro atoms. The van der Waals surface area contributed by atoms with E-state index in [1.807, 2.05) is 6.92 Å². The average molecular weight is 329 g/mol. The Labute approximate surface area is 148 Å². The number of hydrogen-bond donors (Lipinski definition) is 0. The summed E-state index contributed by atoms with van der Waals surface area (Å²) in [6.07, 6.45) is 0. The molecule has 2 heterocycles. The van der Waals surface area contributed by atoms with Gasteiger partial charge < -0.3 is 4.42 Å². The molecule has 2 nitrogen and oxygen atoms in total. The Hall–Kier alpha value is -2.61. The molecule has 2 aromatic carbocycles. The Morgan fingerprint density at radius 2 is 1.68 bits per heavy atom. The number of nitrogens with zero attached hydrogens (tertiary/aromatic N) is 1. The topological polar surface area (TPSA) is 26.0 Å². The Bertz CT molecular complexity index is 1100. The van der Waals surface area contributed by atoms with Crippen molar-refractivity contribution in [2.24, 2.45) is 0 Å². The first kappa shape index (κ1) is 15.9. The van der Waals surface area contributed by atoms with E-state index >= 15 is 0 Å². The molecule has 25 heavy (non-hydrogen) atoms. The summed E-state index contributed by atoms with van der Waals surface area (Å²) in [5.41, 5.74) is 7.55. The maximum atomic E-state index is 6.24. The molecule has 0 unspecified atom stereocenters. The monoisotopic (exact) mass is 329 g/mol. The van der Waals surface area contributed by atoms with E-state index in [0.717, 1.165) is 33.5 Å². The molecule has 0 aliphatic carbocycles. The highest BCUT2D eigenvalue weighted by Crippen LogP contribution is 2.37. The second kappa shape index (κ2) is 5.45. The van der Waals surface area contributed by atoms with Crippen molar-refractivity contribution < 1.29 is 4.42 Å². The van der Waals surface area contributed by atoms with E-state index in [0.29, 0.717) is 0 Å². The van der Waals surface area contributed by atoms with Crippen LogP contribution in [0.25, 0.3) is 33.2 Å². The minimum Gasteiger partial charge on any atom is -0.455 e. The van der Waals surface area contributed by atoms with Crippen LogP contribution >= 0.6 is 0 Å². The van der Waals surface area contributed by atoms with E-state index in [-0.39, 0.29) is 5.41 Å². The molecular formula is C23H23NO. The highest BCUT2D eigenvalue weighted by Gasteiger charge is 2.18. The molecule has 0 atom stereocenters. The lowest BCUT2D eigenvalue weighted by Gasteiger charge is -2.18. The molecule has 2 aromatic heterocycles. The van der Waals surface area contributed by atoms with Gasteiger partial charge in [-0.15, -0.1) is 0 Å². The summed E-state index contributed by atoms with van der Waals surface area (Å²) in [5.74, 6) is 0. The summed E-state index contributed by atoms with van der Waals surface area (Å²) in [5, 5.41) is 2.33. The molecule has 2 heteroatoms. The van der Waals surface area contributed by atoms with Gasteiger partial charge in [-0.1, -0.05) is 45.0 Å². The number of para-hydroxylation sites is 1. The number of pyridine rings is 1. The summed E-state index contributed by atoms with van der Waals surface area (Å²) in [4.78, 5) is 4.76. The molecule has 0 radical (unpaired) electrons. The van der Waals surface area contributed by atoms with Gasteiger partial charge in [0, 0.05) is 22.0 Å². The SMILES string of the molecule is Cc1ccc(-c2cccc3c2oc2ccc(C(C)(C)C)cc23)nc1C. The van der Waals surface area contributed by atoms with Crippen molar-refractivity contribution in [2.45, 2.75) is 40.0 Å². The van der Waals surface area contributed by atoms with E-state index in [1.165, 1.54) is 16.5 Å². The molecule has 0 aliphatic rings. The van der Waals surface area contributed by atoms with Gasteiger partial charge in [-0.2, -0.15) is 0 Å². The van der Waals surface area contributed by atoms with Gasteiger partial charge in [-0.25, -0.2) is 0 Å². The van der Waals surface area contributed by atoms with Crippen molar-refractivity contribution in [3.05, 3.63) is 65.4 Å². The van der Waals surface area contributed by atoms with Gasteiger partial charge in [0.15, 0.2) is 0 Å². The van der Waals surface area contributed by atoms with Gasteiger partial charge in [-0.05, 0) is 54.7 Å². The van der Waals surface area contributed by atoms with Crippen LogP contribution in [0.1, 0.15) is 37.6 Å². The molecule has 0 amide bonds. The van der Waals surface area contributed by atoms with E-state index in [1.54, 1.807) is 0 Å². The number of aryl methyl sites for hydroxylation is 2. The zero-order valence-electron chi connectivity index (χ0n) is 15.5. The minimum atomic E-state index is 0.116. The third kappa shape index (κ3) is 2.62. The van der Waals surface area contributed by atoms with Crippen LogP contribution in [0.15, 0.2) is 52.9 Å². The predicted molar refractivity (Wildman–Crippen MR) is 105 cm³/mol. The fraction of sp³-hybridized carbons (Fsp3) is 0.261. The summed E-state index contributed by atoms with van der Waals surface area (Å²) >= 11 is 0. The first-order valence-corrected chi connectivity index (χ1v) is 8.75. The van der Waals surface area contributed by atoms with Crippen molar-refractivity contribution in [1.29, 1.82) is 0 Å². The normalized spacial score (nSPS) is 12.2. The Kier molecular flexibility index (Phi) is 3.47. The predicted octanol–water partition coefficient (Wildman–Crippen LogP) is 6.56. The zero-order valence-corrected chi connectivity index (χ0v) is 15.5. The van der Waals surface area contributed by atoms with Crippen molar-refractivity contribution in [2.75, 3.05) is 0 Å². The van der Waals surface area contributed by atoms with Gasteiger partial charge in [0.1, 0.15) is 11.2 Å². The van der Waals surface area contributed by atoms with E-state index in [2.05, 4.69) is 76.2 Å². The smallest absolute Gasteiger partial charge is 0.144 e. The maximum Gasteiger partial charge on any atom is 0.144 e. The van der Waals surface area contributed by atoms with Crippen LogP contribution in [-0.4, -0.2) is 4.98 Å². The minimum absolute atomic E-state index is 0.116. The molecule has 0 bridgehead atoms. The second-order valence-electron chi connectivity index (χ2n) is 7.84. The van der Waals surface area contributed by atoms with Crippen molar-refractivity contribution in [3.8, 4) is 11.3 Å². The van der Waals surface area contributed by atoms with Gasteiger partial charge in [0.25, 0.3) is 0 Å². The number of fused-ring (bicyclic) bond motifs is 3. The summed E-state index contributed by atoms with van der Waals surface area (Å²) < 4.78 is 6.24. The molecule has 4 rings (SSSR count). The summed E-state index contributed by atoms with van der Waals surface area (Å²) in [6, 6.07) is 17.0. The molecule has 0 aliphatic heterocycles. The van der Waals surface area contributed by atoms with Crippen LogP contribution in [-0.2, 0) is 5.41 Å². The molecule has 4 aromatic rings. The van der Waals surface area contributed by atoms with Gasteiger partial charge in [0.2, 0.25) is 0 Å². The number of aromatic nitrogens is 1. The van der Waals surface area contributed by atoms with E-state index in [4.69, 9.17) is 9.40 Å². The number of benzene rings is 2. The molecule has 0 saturated carbocycles. The third-order valence-electron chi connectivity index (χ3n) is 4.99. The second-order valence-corrected chi connectivity index (χ2v) is 7.84. The first-order chi connectivity index (χ1) is 11.8. The quantitative estimate of drug-likeness (QED) is 0.395. The number of furan rings is 1. The largest absolute Gasteiger partial charge is 0.455 e. The highest BCUT2D eigenvalue weighted by molar-refractivity contribution is 6.09. The molecule has 0 saturated heterocycles. The average Bonchev–Trinajstić information content (AvgIpc) is 2.94. The fourth-order valence-electron chi connectivity index (χ4n) is 3.25.